The number of rotatable bonds is 0. The Morgan fingerprint density at radius 3 is 2.00 bits per heavy atom. The van der Waals surface area contributed by atoms with E-state index in [4.69, 9.17) is 0 Å². The van der Waals surface area contributed by atoms with Crippen LogP contribution in [0.5, 0.6) is 0 Å². The average Bonchev–Trinajstić information content (AvgIpc) is 1.92. The summed E-state index contributed by atoms with van der Waals surface area (Å²) in [6.45, 7) is 7.06. The second-order valence-electron chi connectivity index (χ2n) is 4.91. The maximum atomic E-state index is 3.74. The predicted molar refractivity (Wildman–Crippen MR) is 62.2 cm³/mol. The monoisotopic (exact) mass is 296 g/mol. The van der Waals surface area contributed by atoms with Crippen molar-refractivity contribution in [3.05, 3.63) is 0 Å². The minimum atomic E-state index is 0.485. The molecule has 1 saturated carbocycles. The van der Waals surface area contributed by atoms with Crippen molar-refractivity contribution in [3.63, 3.8) is 0 Å². The molecule has 0 unspecified atom stereocenters. The van der Waals surface area contributed by atoms with Gasteiger partial charge in [-0.05, 0) is 30.6 Å². The molecule has 1 aliphatic rings. The lowest BCUT2D eigenvalue weighted by Crippen LogP contribution is -2.32. The van der Waals surface area contributed by atoms with Gasteiger partial charge in [-0.2, -0.15) is 0 Å². The van der Waals surface area contributed by atoms with Crippen molar-refractivity contribution >= 4 is 31.9 Å². The molecule has 1 fully saturated rings. The van der Waals surface area contributed by atoms with Crippen LogP contribution in [-0.2, 0) is 0 Å². The molecule has 0 nitrogen and oxygen atoms in total. The second-order valence-corrected chi connectivity index (χ2v) is 7.26. The van der Waals surface area contributed by atoms with Gasteiger partial charge < -0.3 is 0 Å². The van der Waals surface area contributed by atoms with Crippen LogP contribution in [0.4, 0.5) is 0 Å². The molecule has 0 radical (unpaired) electrons. The van der Waals surface area contributed by atoms with Gasteiger partial charge in [0.05, 0.1) is 0 Å². The summed E-state index contributed by atoms with van der Waals surface area (Å²) < 4.78 is 0. The molecule has 2 heteroatoms. The van der Waals surface area contributed by atoms with Gasteiger partial charge in [0.2, 0.25) is 0 Å². The first-order valence-electron chi connectivity index (χ1n) is 4.69. The van der Waals surface area contributed by atoms with Crippen molar-refractivity contribution in [2.75, 3.05) is 0 Å². The summed E-state index contributed by atoms with van der Waals surface area (Å²) in [5.41, 5.74) is 0.485. The Bertz CT molecular complexity index is 148. The van der Waals surface area contributed by atoms with Crippen LogP contribution < -0.4 is 0 Å². The summed E-state index contributed by atoms with van der Waals surface area (Å²) in [6.07, 6.45) is 4.01. The minimum Gasteiger partial charge on any atom is -0.0879 e. The first-order valence-corrected chi connectivity index (χ1v) is 6.52. The summed E-state index contributed by atoms with van der Waals surface area (Å²) >= 11 is 7.44. The normalized spacial score (nSPS) is 38.2. The second kappa shape index (κ2) is 4.00. The Morgan fingerprint density at radius 1 is 1.00 bits per heavy atom. The molecule has 0 amide bonds. The van der Waals surface area contributed by atoms with E-state index >= 15 is 0 Å². The van der Waals surface area contributed by atoms with Crippen LogP contribution in [0, 0.1) is 11.3 Å². The third-order valence-corrected chi connectivity index (χ3v) is 5.74. The minimum absolute atomic E-state index is 0.485. The quantitative estimate of drug-likeness (QED) is 0.583. The van der Waals surface area contributed by atoms with E-state index in [9.17, 15) is 0 Å². The van der Waals surface area contributed by atoms with Gasteiger partial charge in [-0.3, -0.25) is 0 Å². The van der Waals surface area contributed by atoms with Crippen molar-refractivity contribution in [2.24, 2.45) is 11.3 Å². The third-order valence-electron chi connectivity index (χ3n) is 2.92. The van der Waals surface area contributed by atoms with Crippen molar-refractivity contribution in [3.8, 4) is 0 Å². The standard InChI is InChI=1S/C10H18Br2/c1-10(2,3)7-4-5-8(11)9(12)6-7/h7-9H,4-6H2,1-3H3/t7-,8+,9+/m1/s1. The predicted octanol–water partition coefficient (Wildman–Crippen LogP) is 4.36. The highest BCUT2D eigenvalue weighted by molar-refractivity contribution is 9.12. The van der Waals surface area contributed by atoms with Gasteiger partial charge in [-0.1, -0.05) is 52.6 Å². The maximum absolute atomic E-state index is 3.74. The topological polar surface area (TPSA) is 0 Å². The van der Waals surface area contributed by atoms with Gasteiger partial charge in [0.25, 0.3) is 0 Å². The van der Waals surface area contributed by atoms with E-state index in [-0.39, 0.29) is 0 Å². The Morgan fingerprint density at radius 2 is 1.58 bits per heavy atom. The highest BCUT2D eigenvalue weighted by Crippen LogP contribution is 2.42. The Labute approximate surface area is 92.8 Å². The van der Waals surface area contributed by atoms with E-state index in [0.717, 1.165) is 5.92 Å². The zero-order valence-corrected chi connectivity index (χ0v) is 11.3. The molecule has 1 rings (SSSR count). The highest BCUT2D eigenvalue weighted by Gasteiger charge is 2.33. The summed E-state index contributed by atoms with van der Waals surface area (Å²) in [5.74, 6) is 0.885. The van der Waals surface area contributed by atoms with Crippen LogP contribution >= 0.6 is 31.9 Å². The molecule has 0 aromatic heterocycles. The number of halogens is 2. The smallest absolute Gasteiger partial charge is 0.0273 e. The molecular weight excluding hydrogens is 280 g/mol. The zero-order chi connectivity index (χ0) is 9.35. The molecule has 0 N–H and O–H groups in total. The first-order chi connectivity index (χ1) is 5.41. The summed E-state index contributed by atoms with van der Waals surface area (Å²) in [6, 6.07) is 0. The van der Waals surface area contributed by atoms with Gasteiger partial charge in [0.1, 0.15) is 0 Å². The van der Waals surface area contributed by atoms with Gasteiger partial charge in [0.15, 0.2) is 0 Å². The van der Waals surface area contributed by atoms with E-state index in [1.807, 2.05) is 0 Å². The van der Waals surface area contributed by atoms with Crippen molar-refractivity contribution in [1.82, 2.24) is 0 Å². The van der Waals surface area contributed by atoms with Crippen LogP contribution in [0.15, 0.2) is 0 Å². The zero-order valence-electron chi connectivity index (χ0n) is 8.11. The lowest BCUT2D eigenvalue weighted by Gasteiger charge is -2.38. The molecular formula is C10H18Br2. The van der Waals surface area contributed by atoms with E-state index in [0.29, 0.717) is 15.1 Å². The average molecular weight is 298 g/mol. The number of alkyl halides is 2. The lowest BCUT2D eigenvalue weighted by atomic mass is 9.72. The van der Waals surface area contributed by atoms with Crippen LogP contribution in [0.3, 0.4) is 0 Å². The molecule has 12 heavy (non-hydrogen) atoms. The number of hydrogen-bond donors (Lipinski definition) is 0. The van der Waals surface area contributed by atoms with Crippen molar-refractivity contribution in [1.29, 1.82) is 0 Å². The lowest BCUT2D eigenvalue weighted by molar-refractivity contribution is 0.187. The van der Waals surface area contributed by atoms with E-state index in [1.165, 1.54) is 19.3 Å². The van der Waals surface area contributed by atoms with Crippen molar-refractivity contribution < 1.29 is 0 Å². The third kappa shape index (κ3) is 2.73. The first kappa shape index (κ1) is 11.0. The molecule has 0 aliphatic heterocycles. The summed E-state index contributed by atoms with van der Waals surface area (Å²) in [5, 5.41) is 0. The Hall–Kier alpha value is 0.960. The fourth-order valence-electron chi connectivity index (χ4n) is 1.87. The molecule has 0 aromatic carbocycles. The molecule has 72 valence electrons. The highest BCUT2D eigenvalue weighted by atomic mass is 79.9. The molecule has 0 heterocycles. The van der Waals surface area contributed by atoms with Gasteiger partial charge in [-0.25, -0.2) is 0 Å². The fourth-order valence-corrected chi connectivity index (χ4v) is 3.06. The molecule has 1 aliphatic carbocycles. The SMILES string of the molecule is CC(C)(C)[C@@H]1CC[C@H](Br)[C@@H](Br)C1. The van der Waals surface area contributed by atoms with E-state index in [2.05, 4.69) is 52.6 Å². The van der Waals surface area contributed by atoms with E-state index < -0.39 is 0 Å². The van der Waals surface area contributed by atoms with Gasteiger partial charge >= 0.3 is 0 Å². The maximum Gasteiger partial charge on any atom is 0.0273 e. The van der Waals surface area contributed by atoms with Crippen LogP contribution in [0.1, 0.15) is 40.0 Å². The summed E-state index contributed by atoms with van der Waals surface area (Å²) in [4.78, 5) is 1.37. The molecule has 3 atom stereocenters. The van der Waals surface area contributed by atoms with Crippen molar-refractivity contribution in [2.45, 2.75) is 49.7 Å². The molecule has 0 spiro atoms. The Balaban J connectivity index is 2.51. The van der Waals surface area contributed by atoms with Gasteiger partial charge in [0, 0.05) is 9.65 Å². The van der Waals surface area contributed by atoms with Crippen LogP contribution in [0.2, 0.25) is 0 Å². The largest absolute Gasteiger partial charge is 0.0879 e. The molecule has 0 saturated heterocycles. The Kier molecular flexibility index (Phi) is 3.68. The van der Waals surface area contributed by atoms with E-state index in [1.54, 1.807) is 0 Å². The van der Waals surface area contributed by atoms with Gasteiger partial charge in [-0.15, -0.1) is 0 Å². The summed E-state index contributed by atoms with van der Waals surface area (Å²) in [7, 11) is 0. The fraction of sp³-hybridized carbons (Fsp3) is 1.00. The molecule has 0 bridgehead atoms. The molecule has 0 aromatic rings. The van der Waals surface area contributed by atoms with Crippen LogP contribution in [0.25, 0.3) is 0 Å². The van der Waals surface area contributed by atoms with Crippen LogP contribution in [-0.4, -0.2) is 9.65 Å². The number of hydrogen-bond acceptors (Lipinski definition) is 0.